The molecule has 0 radical (unpaired) electrons. The van der Waals surface area contributed by atoms with Crippen molar-refractivity contribution in [3.63, 3.8) is 0 Å². The van der Waals surface area contributed by atoms with Gasteiger partial charge in [0.1, 0.15) is 5.82 Å². The summed E-state index contributed by atoms with van der Waals surface area (Å²) in [6.45, 7) is 8.97. The van der Waals surface area contributed by atoms with E-state index in [4.69, 9.17) is 11.6 Å². The standard InChI is InChI=1S/C14H22ClN3O/c1-5-16-13-12(15)7-11(8-17-13)14(19)18-10(4)6-9(2)3/h7-10H,5-6H2,1-4H3,(H,16,17)(H,18,19). The van der Waals surface area contributed by atoms with E-state index in [0.717, 1.165) is 13.0 Å². The van der Waals surface area contributed by atoms with Crippen molar-refractivity contribution < 1.29 is 4.79 Å². The van der Waals surface area contributed by atoms with Crippen LogP contribution < -0.4 is 10.6 Å². The van der Waals surface area contributed by atoms with Crippen molar-refractivity contribution in [1.29, 1.82) is 0 Å². The monoisotopic (exact) mass is 283 g/mol. The summed E-state index contributed by atoms with van der Waals surface area (Å²) in [5.41, 5.74) is 0.488. The van der Waals surface area contributed by atoms with E-state index in [2.05, 4.69) is 29.5 Å². The third-order valence-corrected chi connectivity index (χ3v) is 2.94. The van der Waals surface area contributed by atoms with Crippen LogP contribution in [-0.2, 0) is 0 Å². The summed E-state index contributed by atoms with van der Waals surface area (Å²) >= 11 is 6.07. The van der Waals surface area contributed by atoms with Gasteiger partial charge in [-0.05, 0) is 32.3 Å². The van der Waals surface area contributed by atoms with Gasteiger partial charge in [-0.1, -0.05) is 25.4 Å². The van der Waals surface area contributed by atoms with Gasteiger partial charge in [0.2, 0.25) is 0 Å². The highest BCUT2D eigenvalue weighted by molar-refractivity contribution is 6.33. The molecule has 5 heteroatoms. The maximum absolute atomic E-state index is 12.0. The number of carbonyl (C=O) groups is 1. The number of carbonyl (C=O) groups excluding carboxylic acids is 1. The van der Waals surface area contributed by atoms with Crippen molar-refractivity contribution in [2.24, 2.45) is 5.92 Å². The van der Waals surface area contributed by atoms with Crippen molar-refractivity contribution in [1.82, 2.24) is 10.3 Å². The highest BCUT2D eigenvalue weighted by Crippen LogP contribution is 2.20. The van der Waals surface area contributed by atoms with Gasteiger partial charge in [-0.15, -0.1) is 0 Å². The second-order valence-corrected chi connectivity index (χ2v) is 5.50. The minimum absolute atomic E-state index is 0.134. The number of rotatable bonds is 6. The Morgan fingerprint density at radius 1 is 1.42 bits per heavy atom. The molecule has 1 aromatic heterocycles. The number of anilines is 1. The Kier molecular flexibility index (Phi) is 6.09. The molecule has 1 aromatic rings. The van der Waals surface area contributed by atoms with Gasteiger partial charge in [0.05, 0.1) is 10.6 Å². The lowest BCUT2D eigenvalue weighted by atomic mass is 10.1. The number of nitrogens with zero attached hydrogens (tertiary/aromatic N) is 1. The lowest BCUT2D eigenvalue weighted by Crippen LogP contribution is -2.33. The topological polar surface area (TPSA) is 54.0 Å². The first-order chi connectivity index (χ1) is 8.93. The molecule has 1 amide bonds. The Hall–Kier alpha value is -1.29. The smallest absolute Gasteiger partial charge is 0.253 e. The molecule has 0 aliphatic rings. The van der Waals surface area contributed by atoms with Crippen LogP contribution in [0.4, 0.5) is 5.82 Å². The molecular weight excluding hydrogens is 262 g/mol. The van der Waals surface area contributed by atoms with Gasteiger partial charge in [0.25, 0.3) is 5.91 Å². The second kappa shape index (κ2) is 7.34. The molecule has 1 rings (SSSR count). The van der Waals surface area contributed by atoms with Gasteiger partial charge < -0.3 is 10.6 Å². The largest absolute Gasteiger partial charge is 0.369 e. The Labute approximate surface area is 120 Å². The van der Waals surface area contributed by atoms with Gasteiger partial charge in [0, 0.05) is 18.8 Å². The summed E-state index contributed by atoms with van der Waals surface area (Å²) in [6, 6.07) is 1.78. The SMILES string of the molecule is CCNc1ncc(C(=O)NC(C)CC(C)C)cc1Cl. The second-order valence-electron chi connectivity index (χ2n) is 5.09. The van der Waals surface area contributed by atoms with E-state index in [1.165, 1.54) is 0 Å². The van der Waals surface area contributed by atoms with Gasteiger partial charge in [-0.2, -0.15) is 0 Å². The summed E-state index contributed by atoms with van der Waals surface area (Å²) in [5, 5.41) is 6.45. The highest BCUT2D eigenvalue weighted by Gasteiger charge is 2.13. The van der Waals surface area contributed by atoms with E-state index in [1.54, 1.807) is 12.3 Å². The quantitative estimate of drug-likeness (QED) is 0.842. The first-order valence-corrected chi connectivity index (χ1v) is 7.02. The number of halogens is 1. The maximum atomic E-state index is 12.0. The van der Waals surface area contributed by atoms with Crippen LogP contribution in [0, 0.1) is 5.92 Å². The molecule has 0 saturated heterocycles. The minimum Gasteiger partial charge on any atom is -0.369 e. The Morgan fingerprint density at radius 3 is 2.63 bits per heavy atom. The third-order valence-electron chi connectivity index (χ3n) is 2.65. The van der Waals surface area contributed by atoms with Gasteiger partial charge >= 0.3 is 0 Å². The summed E-state index contributed by atoms with van der Waals surface area (Å²) in [7, 11) is 0. The molecule has 1 atom stereocenters. The minimum atomic E-state index is -0.134. The molecule has 0 aromatic carbocycles. The highest BCUT2D eigenvalue weighted by atomic mass is 35.5. The molecule has 4 nitrogen and oxygen atoms in total. The van der Waals surface area contributed by atoms with Crippen LogP contribution in [0.15, 0.2) is 12.3 Å². The number of aromatic nitrogens is 1. The molecule has 0 fully saturated rings. The number of nitrogens with one attached hydrogen (secondary N) is 2. The van der Waals surface area contributed by atoms with E-state index in [9.17, 15) is 4.79 Å². The van der Waals surface area contributed by atoms with Crippen molar-refractivity contribution in [3.05, 3.63) is 22.8 Å². The molecule has 106 valence electrons. The fraction of sp³-hybridized carbons (Fsp3) is 0.571. The van der Waals surface area contributed by atoms with E-state index >= 15 is 0 Å². The first-order valence-electron chi connectivity index (χ1n) is 6.64. The van der Waals surface area contributed by atoms with Crippen molar-refractivity contribution in [2.45, 2.75) is 40.2 Å². The van der Waals surface area contributed by atoms with Crippen LogP contribution in [0.25, 0.3) is 0 Å². The van der Waals surface area contributed by atoms with E-state index < -0.39 is 0 Å². The molecule has 2 N–H and O–H groups in total. The van der Waals surface area contributed by atoms with Gasteiger partial charge in [-0.25, -0.2) is 4.98 Å². The number of pyridine rings is 1. The van der Waals surface area contributed by atoms with Crippen molar-refractivity contribution >= 4 is 23.3 Å². The summed E-state index contributed by atoms with van der Waals surface area (Å²) in [5.74, 6) is 1.02. The fourth-order valence-corrected chi connectivity index (χ4v) is 2.17. The lowest BCUT2D eigenvalue weighted by Gasteiger charge is -2.16. The molecule has 19 heavy (non-hydrogen) atoms. The molecule has 0 aliphatic heterocycles. The molecule has 0 aliphatic carbocycles. The van der Waals surface area contributed by atoms with Crippen LogP contribution in [-0.4, -0.2) is 23.5 Å². The predicted octanol–water partition coefficient (Wildman–Crippen LogP) is 3.33. The van der Waals surface area contributed by atoms with Crippen molar-refractivity contribution in [2.75, 3.05) is 11.9 Å². The fourth-order valence-electron chi connectivity index (χ4n) is 1.93. The van der Waals surface area contributed by atoms with E-state index in [-0.39, 0.29) is 11.9 Å². The molecule has 1 unspecified atom stereocenters. The predicted molar refractivity (Wildman–Crippen MR) is 79.8 cm³/mol. The normalized spacial score (nSPS) is 12.3. The van der Waals surface area contributed by atoms with Crippen molar-refractivity contribution in [3.8, 4) is 0 Å². The maximum Gasteiger partial charge on any atom is 0.253 e. The average Bonchev–Trinajstić information content (AvgIpc) is 2.30. The molecule has 0 bridgehead atoms. The Morgan fingerprint density at radius 2 is 2.11 bits per heavy atom. The van der Waals surface area contributed by atoms with Crippen LogP contribution in [0.1, 0.15) is 44.5 Å². The zero-order valence-corrected chi connectivity index (χ0v) is 12.7. The summed E-state index contributed by atoms with van der Waals surface area (Å²) in [4.78, 5) is 16.2. The lowest BCUT2D eigenvalue weighted by molar-refractivity contribution is 0.0936. The average molecular weight is 284 g/mol. The van der Waals surface area contributed by atoms with E-state index in [0.29, 0.717) is 22.3 Å². The first kappa shape index (κ1) is 15.8. The number of hydrogen-bond acceptors (Lipinski definition) is 3. The Balaban J connectivity index is 2.69. The summed E-state index contributed by atoms with van der Waals surface area (Å²) in [6.07, 6.45) is 2.49. The van der Waals surface area contributed by atoms with E-state index in [1.807, 2.05) is 13.8 Å². The van der Waals surface area contributed by atoms with Crippen LogP contribution >= 0.6 is 11.6 Å². The number of amides is 1. The van der Waals surface area contributed by atoms with Gasteiger partial charge in [0.15, 0.2) is 0 Å². The van der Waals surface area contributed by atoms with Crippen LogP contribution in [0.2, 0.25) is 5.02 Å². The van der Waals surface area contributed by atoms with Crippen LogP contribution in [0.5, 0.6) is 0 Å². The Bertz CT molecular complexity index is 435. The zero-order valence-electron chi connectivity index (χ0n) is 12.0. The van der Waals surface area contributed by atoms with Crippen LogP contribution in [0.3, 0.4) is 0 Å². The number of hydrogen-bond donors (Lipinski definition) is 2. The van der Waals surface area contributed by atoms with Gasteiger partial charge in [-0.3, -0.25) is 4.79 Å². The third kappa shape index (κ3) is 5.07. The molecular formula is C14H22ClN3O. The molecule has 1 heterocycles. The summed E-state index contributed by atoms with van der Waals surface area (Å²) < 4.78 is 0. The zero-order chi connectivity index (χ0) is 14.4. The molecule has 0 spiro atoms. The molecule has 0 saturated carbocycles.